The Morgan fingerprint density at radius 2 is 2.00 bits per heavy atom. The summed E-state index contributed by atoms with van der Waals surface area (Å²) in [5, 5.41) is 1.73. The molecule has 7 heteroatoms. The van der Waals surface area contributed by atoms with Crippen LogP contribution >= 0.6 is 22.6 Å². The smallest absolute Gasteiger partial charge is 0.321 e. The van der Waals surface area contributed by atoms with E-state index in [0.717, 1.165) is 0 Å². The molecule has 0 radical (unpaired) electrons. The summed E-state index contributed by atoms with van der Waals surface area (Å²) in [6.45, 7) is 0. The SMILES string of the molecule is O=C(Nc1cccc(I)c1)C(F)(F)C(F)F. The largest absolute Gasteiger partial charge is 0.383 e. The first-order valence-electron chi connectivity index (χ1n) is 4.07. The molecule has 0 aliphatic rings. The fourth-order valence-corrected chi connectivity index (χ4v) is 1.42. The summed E-state index contributed by atoms with van der Waals surface area (Å²) in [4.78, 5) is 10.8. The molecular weight excluding hydrogens is 341 g/mol. The minimum atomic E-state index is -4.68. The highest BCUT2D eigenvalue weighted by atomic mass is 127. The Morgan fingerprint density at radius 3 is 2.50 bits per heavy atom. The molecular formula is C9H6F4INO. The number of benzene rings is 1. The van der Waals surface area contributed by atoms with Crippen molar-refractivity contribution in [2.75, 3.05) is 5.32 Å². The number of amides is 1. The summed E-state index contributed by atoms with van der Waals surface area (Å²) in [7, 11) is 0. The Morgan fingerprint density at radius 1 is 1.38 bits per heavy atom. The van der Waals surface area contributed by atoms with Crippen LogP contribution in [-0.4, -0.2) is 18.3 Å². The highest BCUT2D eigenvalue weighted by molar-refractivity contribution is 14.1. The van der Waals surface area contributed by atoms with Crippen molar-refractivity contribution in [3.8, 4) is 0 Å². The van der Waals surface area contributed by atoms with E-state index in [-0.39, 0.29) is 5.69 Å². The van der Waals surface area contributed by atoms with E-state index in [9.17, 15) is 22.4 Å². The van der Waals surface area contributed by atoms with Gasteiger partial charge in [0.15, 0.2) is 0 Å². The van der Waals surface area contributed by atoms with Gasteiger partial charge in [-0.1, -0.05) is 6.07 Å². The van der Waals surface area contributed by atoms with Gasteiger partial charge in [-0.15, -0.1) is 0 Å². The van der Waals surface area contributed by atoms with Gasteiger partial charge < -0.3 is 5.32 Å². The highest BCUT2D eigenvalue weighted by Crippen LogP contribution is 2.25. The number of halogens is 5. The highest BCUT2D eigenvalue weighted by Gasteiger charge is 2.48. The lowest BCUT2D eigenvalue weighted by atomic mass is 10.3. The molecule has 0 bridgehead atoms. The topological polar surface area (TPSA) is 29.1 Å². The number of hydrogen-bond donors (Lipinski definition) is 1. The Kier molecular flexibility index (Phi) is 4.11. The normalized spacial score (nSPS) is 11.6. The van der Waals surface area contributed by atoms with Gasteiger partial charge in [0.05, 0.1) is 0 Å². The van der Waals surface area contributed by atoms with Crippen molar-refractivity contribution >= 4 is 34.2 Å². The van der Waals surface area contributed by atoms with E-state index in [4.69, 9.17) is 0 Å². The molecule has 0 saturated carbocycles. The zero-order valence-corrected chi connectivity index (χ0v) is 9.84. The molecule has 0 unspecified atom stereocenters. The quantitative estimate of drug-likeness (QED) is 0.661. The van der Waals surface area contributed by atoms with Gasteiger partial charge in [0, 0.05) is 9.26 Å². The van der Waals surface area contributed by atoms with Crippen LogP contribution < -0.4 is 5.32 Å². The van der Waals surface area contributed by atoms with Crippen molar-refractivity contribution in [1.29, 1.82) is 0 Å². The van der Waals surface area contributed by atoms with Crippen molar-refractivity contribution in [2.45, 2.75) is 12.3 Å². The number of alkyl halides is 4. The number of anilines is 1. The van der Waals surface area contributed by atoms with E-state index in [2.05, 4.69) is 0 Å². The number of hydrogen-bond acceptors (Lipinski definition) is 1. The van der Waals surface area contributed by atoms with Crippen molar-refractivity contribution in [3.63, 3.8) is 0 Å². The fraction of sp³-hybridized carbons (Fsp3) is 0.222. The maximum absolute atomic E-state index is 12.6. The van der Waals surface area contributed by atoms with E-state index in [1.165, 1.54) is 18.2 Å². The predicted molar refractivity (Wildman–Crippen MR) is 58.7 cm³/mol. The maximum Gasteiger partial charge on any atom is 0.383 e. The third-order valence-electron chi connectivity index (χ3n) is 1.66. The lowest BCUT2D eigenvalue weighted by molar-refractivity contribution is -0.163. The van der Waals surface area contributed by atoms with Crippen molar-refractivity contribution in [2.24, 2.45) is 0 Å². The van der Waals surface area contributed by atoms with Gasteiger partial charge in [0.25, 0.3) is 0 Å². The summed E-state index contributed by atoms with van der Waals surface area (Å²) < 4.78 is 49.5. The number of rotatable bonds is 3. The number of nitrogens with one attached hydrogen (secondary N) is 1. The Bertz CT molecular complexity index is 397. The zero-order chi connectivity index (χ0) is 12.3. The Balaban J connectivity index is 2.79. The predicted octanol–water partition coefficient (Wildman–Crippen LogP) is 3.13. The molecule has 16 heavy (non-hydrogen) atoms. The second-order valence-corrected chi connectivity index (χ2v) is 4.13. The lowest BCUT2D eigenvalue weighted by Crippen LogP contribution is -2.40. The fourth-order valence-electron chi connectivity index (χ4n) is 0.880. The summed E-state index contributed by atoms with van der Waals surface area (Å²) in [6.07, 6.45) is -4.02. The summed E-state index contributed by atoms with van der Waals surface area (Å²) in [5.41, 5.74) is 0.0530. The molecule has 0 aliphatic heterocycles. The number of carbonyl (C=O) groups is 1. The van der Waals surface area contributed by atoms with Crippen LogP contribution in [0, 0.1) is 3.57 Å². The van der Waals surface area contributed by atoms with E-state index >= 15 is 0 Å². The van der Waals surface area contributed by atoms with Crippen molar-refractivity contribution < 1.29 is 22.4 Å². The molecule has 2 nitrogen and oxygen atoms in total. The van der Waals surface area contributed by atoms with Crippen LogP contribution in [0.25, 0.3) is 0 Å². The first-order valence-corrected chi connectivity index (χ1v) is 5.15. The van der Waals surface area contributed by atoms with Crippen LogP contribution in [0.3, 0.4) is 0 Å². The van der Waals surface area contributed by atoms with Crippen LogP contribution in [0.1, 0.15) is 0 Å². The van der Waals surface area contributed by atoms with Crippen LogP contribution in [0.15, 0.2) is 24.3 Å². The molecule has 0 aromatic heterocycles. The second-order valence-electron chi connectivity index (χ2n) is 2.89. The minimum Gasteiger partial charge on any atom is -0.321 e. The molecule has 1 N–H and O–H groups in total. The van der Waals surface area contributed by atoms with Gasteiger partial charge in [-0.25, -0.2) is 8.78 Å². The first kappa shape index (κ1) is 13.2. The first-order chi connectivity index (χ1) is 7.34. The van der Waals surface area contributed by atoms with Gasteiger partial charge in [-0.05, 0) is 40.8 Å². The Labute approximate surface area is 102 Å². The van der Waals surface area contributed by atoms with Crippen molar-refractivity contribution in [1.82, 2.24) is 0 Å². The van der Waals surface area contributed by atoms with E-state index in [1.807, 2.05) is 22.6 Å². The van der Waals surface area contributed by atoms with E-state index < -0.39 is 18.3 Å². The average Bonchev–Trinajstić information content (AvgIpc) is 2.17. The average molecular weight is 347 g/mol. The third-order valence-corrected chi connectivity index (χ3v) is 2.33. The molecule has 0 spiro atoms. The maximum atomic E-state index is 12.6. The Hall–Kier alpha value is -0.860. The van der Waals surface area contributed by atoms with Crippen LogP contribution in [0.2, 0.25) is 0 Å². The third kappa shape index (κ3) is 3.06. The molecule has 0 heterocycles. The van der Waals surface area contributed by atoms with Gasteiger partial charge >= 0.3 is 18.3 Å². The lowest BCUT2D eigenvalue weighted by Gasteiger charge is -2.14. The summed E-state index contributed by atoms with van der Waals surface area (Å²) >= 11 is 1.90. The second kappa shape index (κ2) is 4.98. The summed E-state index contributed by atoms with van der Waals surface area (Å²) in [5.74, 6) is -6.69. The van der Waals surface area contributed by atoms with Gasteiger partial charge in [-0.3, -0.25) is 4.79 Å². The molecule has 1 amide bonds. The van der Waals surface area contributed by atoms with Gasteiger partial charge in [-0.2, -0.15) is 8.78 Å². The van der Waals surface area contributed by atoms with E-state index in [1.54, 1.807) is 11.4 Å². The molecule has 88 valence electrons. The minimum absolute atomic E-state index is 0.0530. The molecule has 0 aliphatic carbocycles. The molecule has 0 atom stereocenters. The molecule has 1 aromatic carbocycles. The molecule has 0 fully saturated rings. The monoisotopic (exact) mass is 347 g/mol. The zero-order valence-electron chi connectivity index (χ0n) is 7.68. The molecule has 1 aromatic rings. The van der Waals surface area contributed by atoms with Gasteiger partial charge in [0.2, 0.25) is 0 Å². The van der Waals surface area contributed by atoms with Crippen LogP contribution in [0.5, 0.6) is 0 Å². The number of carbonyl (C=O) groups excluding carboxylic acids is 1. The van der Waals surface area contributed by atoms with Crippen molar-refractivity contribution in [3.05, 3.63) is 27.8 Å². The molecule has 1 rings (SSSR count). The van der Waals surface area contributed by atoms with Gasteiger partial charge in [0.1, 0.15) is 0 Å². The molecule has 0 saturated heterocycles. The van der Waals surface area contributed by atoms with Crippen LogP contribution in [0.4, 0.5) is 23.2 Å². The van der Waals surface area contributed by atoms with E-state index in [0.29, 0.717) is 3.57 Å². The van der Waals surface area contributed by atoms with Crippen LogP contribution in [-0.2, 0) is 4.79 Å². The summed E-state index contributed by atoms with van der Waals surface area (Å²) in [6, 6.07) is 5.90. The standard InChI is InChI=1S/C9H6F4INO/c10-7(11)9(12,13)8(16)15-6-3-1-2-5(14)4-6/h1-4,7H,(H,15,16).